The van der Waals surface area contributed by atoms with Crippen LogP contribution in [0.2, 0.25) is 0 Å². The largest absolute Gasteiger partial charge is 0.462 e. The van der Waals surface area contributed by atoms with Gasteiger partial charge < -0.3 is 9.15 Å². The fourth-order valence-electron chi connectivity index (χ4n) is 3.27. The second-order valence-corrected chi connectivity index (χ2v) is 8.80. The van der Waals surface area contributed by atoms with Crippen LogP contribution in [0.3, 0.4) is 0 Å². The Morgan fingerprint density at radius 3 is 2.59 bits per heavy atom. The molecule has 2 heterocycles. The first-order valence-corrected chi connectivity index (χ1v) is 12.1. The number of aryl methyl sites for hydroxylation is 1. The summed E-state index contributed by atoms with van der Waals surface area (Å²) in [6.07, 6.45) is 1.33. The number of nitrogens with one attached hydrogen (secondary N) is 2. The van der Waals surface area contributed by atoms with E-state index in [0.717, 1.165) is 22.5 Å². The van der Waals surface area contributed by atoms with Gasteiger partial charge in [-0.05, 0) is 49.7 Å². The average Bonchev–Trinajstić information content (AvgIpc) is 3.54. The van der Waals surface area contributed by atoms with Gasteiger partial charge >= 0.3 is 5.97 Å². The summed E-state index contributed by atoms with van der Waals surface area (Å²) in [5.41, 5.74) is 5.03. The molecule has 0 radical (unpaired) electrons. The highest BCUT2D eigenvalue weighted by atomic mass is 32.1. The lowest BCUT2D eigenvalue weighted by atomic mass is 10.1. The summed E-state index contributed by atoms with van der Waals surface area (Å²) in [6.45, 7) is 3.91. The monoisotopic (exact) mass is 517 g/mol. The Hall–Kier alpha value is -4.64. The second-order valence-electron chi connectivity index (χ2n) is 7.74. The second kappa shape index (κ2) is 11.9. The third-order valence-corrected chi connectivity index (χ3v) is 5.92. The minimum atomic E-state index is -0.398. The molecule has 2 aromatic carbocycles. The number of carbonyl (C=O) groups is 3. The molecule has 0 aliphatic heterocycles. The predicted molar refractivity (Wildman–Crippen MR) is 139 cm³/mol. The summed E-state index contributed by atoms with van der Waals surface area (Å²) in [7, 11) is 0. The Bertz CT molecular complexity index is 1440. The first kappa shape index (κ1) is 25.5. The molecule has 0 fully saturated rings. The van der Waals surface area contributed by atoms with Crippen LogP contribution in [0.25, 0.3) is 11.3 Å². The molecule has 4 aromatic rings. The molecule has 2 aromatic heterocycles. The molecule has 11 heteroatoms. The molecule has 0 spiro atoms. The normalized spacial score (nSPS) is 10.9. The SMILES string of the molecule is CCOC(=O)c1ccc(-c2ccc(C=NNC(=O)Cc3nnc(NC(=O)c4ccccc4C)s3)o2)cc1. The van der Waals surface area contributed by atoms with Gasteiger partial charge in [-0.25, -0.2) is 10.2 Å². The van der Waals surface area contributed by atoms with Crippen molar-refractivity contribution in [1.29, 1.82) is 0 Å². The molecule has 2 N–H and O–H groups in total. The van der Waals surface area contributed by atoms with Gasteiger partial charge in [0.05, 0.1) is 24.8 Å². The van der Waals surface area contributed by atoms with E-state index in [0.29, 0.717) is 39.4 Å². The van der Waals surface area contributed by atoms with Crippen molar-refractivity contribution in [3.8, 4) is 11.3 Å². The molecule has 0 saturated carbocycles. The maximum atomic E-state index is 12.4. The quantitative estimate of drug-likeness (QED) is 0.193. The molecule has 0 aliphatic rings. The Morgan fingerprint density at radius 1 is 1.05 bits per heavy atom. The van der Waals surface area contributed by atoms with E-state index in [2.05, 4.69) is 26.0 Å². The van der Waals surface area contributed by atoms with Gasteiger partial charge in [-0.1, -0.05) is 41.7 Å². The highest BCUT2D eigenvalue weighted by Gasteiger charge is 2.14. The Balaban J connectivity index is 1.27. The van der Waals surface area contributed by atoms with Gasteiger partial charge in [0.1, 0.15) is 16.5 Å². The predicted octanol–water partition coefficient (Wildman–Crippen LogP) is 4.23. The van der Waals surface area contributed by atoms with E-state index < -0.39 is 5.91 Å². The van der Waals surface area contributed by atoms with E-state index in [1.165, 1.54) is 6.21 Å². The zero-order chi connectivity index (χ0) is 26.2. The number of aromatic nitrogens is 2. The number of esters is 1. The van der Waals surface area contributed by atoms with E-state index >= 15 is 0 Å². The zero-order valence-corrected chi connectivity index (χ0v) is 20.9. The minimum Gasteiger partial charge on any atom is -0.462 e. The number of nitrogens with zero attached hydrogens (tertiary/aromatic N) is 3. The number of hydrogen-bond acceptors (Lipinski definition) is 9. The van der Waals surface area contributed by atoms with E-state index in [4.69, 9.17) is 9.15 Å². The number of benzene rings is 2. The summed E-state index contributed by atoms with van der Waals surface area (Å²) in [6, 6.07) is 17.5. The standard InChI is InChI=1S/C26H23N5O5S/c1-3-35-25(34)18-10-8-17(9-11-18)21-13-12-19(36-21)15-27-29-22(32)14-23-30-31-26(37-23)28-24(33)20-7-5-4-6-16(20)2/h4-13,15H,3,14H2,1-2H3,(H,29,32)(H,28,31,33). The van der Waals surface area contributed by atoms with Gasteiger partial charge in [-0.3, -0.25) is 14.9 Å². The van der Waals surface area contributed by atoms with Crippen molar-refractivity contribution in [1.82, 2.24) is 15.6 Å². The molecule has 0 aliphatic carbocycles. The van der Waals surface area contributed by atoms with Crippen molar-refractivity contribution in [3.05, 3.63) is 88.1 Å². The number of furan rings is 1. The lowest BCUT2D eigenvalue weighted by molar-refractivity contribution is -0.120. The zero-order valence-electron chi connectivity index (χ0n) is 20.1. The van der Waals surface area contributed by atoms with Gasteiger partial charge in [0, 0.05) is 11.1 Å². The number of ether oxygens (including phenoxy) is 1. The van der Waals surface area contributed by atoms with Gasteiger partial charge in [0.2, 0.25) is 11.0 Å². The van der Waals surface area contributed by atoms with Gasteiger partial charge in [-0.15, -0.1) is 10.2 Å². The maximum absolute atomic E-state index is 12.4. The van der Waals surface area contributed by atoms with Crippen molar-refractivity contribution in [2.24, 2.45) is 5.10 Å². The molecule has 2 amide bonds. The van der Waals surface area contributed by atoms with E-state index in [1.54, 1.807) is 55.5 Å². The Labute approximate surface area is 216 Å². The molecule has 4 rings (SSSR count). The molecule has 37 heavy (non-hydrogen) atoms. The van der Waals surface area contributed by atoms with Crippen LogP contribution in [0, 0.1) is 6.92 Å². The maximum Gasteiger partial charge on any atom is 0.338 e. The molecule has 10 nitrogen and oxygen atoms in total. The lowest BCUT2D eigenvalue weighted by Gasteiger charge is -2.03. The molecular formula is C26H23N5O5S. The van der Waals surface area contributed by atoms with Crippen molar-refractivity contribution >= 4 is 40.5 Å². The molecule has 188 valence electrons. The summed E-state index contributed by atoms with van der Waals surface area (Å²) in [5, 5.41) is 15.2. The number of carbonyl (C=O) groups excluding carboxylic acids is 3. The van der Waals surface area contributed by atoms with E-state index in [9.17, 15) is 14.4 Å². The molecule has 0 atom stereocenters. The van der Waals surface area contributed by atoms with Crippen LogP contribution in [0.4, 0.5) is 5.13 Å². The lowest BCUT2D eigenvalue weighted by Crippen LogP contribution is -2.19. The smallest absolute Gasteiger partial charge is 0.338 e. The van der Waals surface area contributed by atoms with Crippen molar-refractivity contribution in [2.75, 3.05) is 11.9 Å². The van der Waals surface area contributed by atoms with Gasteiger partial charge in [-0.2, -0.15) is 5.10 Å². The first-order valence-electron chi connectivity index (χ1n) is 11.3. The first-order chi connectivity index (χ1) is 17.9. The van der Waals surface area contributed by atoms with Crippen molar-refractivity contribution in [2.45, 2.75) is 20.3 Å². The van der Waals surface area contributed by atoms with Crippen LogP contribution in [0.1, 0.15) is 44.0 Å². The number of hydrogen-bond donors (Lipinski definition) is 2. The van der Waals surface area contributed by atoms with Crippen molar-refractivity contribution in [3.63, 3.8) is 0 Å². The number of amides is 2. The number of anilines is 1. The van der Waals surface area contributed by atoms with Crippen LogP contribution >= 0.6 is 11.3 Å². The highest BCUT2D eigenvalue weighted by molar-refractivity contribution is 7.15. The number of rotatable bonds is 9. The fourth-order valence-corrected chi connectivity index (χ4v) is 4.01. The molecule has 0 saturated heterocycles. The van der Waals surface area contributed by atoms with Crippen LogP contribution in [0.5, 0.6) is 0 Å². The third kappa shape index (κ3) is 6.73. The summed E-state index contributed by atoms with van der Waals surface area (Å²) < 4.78 is 10.7. The van der Waals surface area contributed by atoms with Crippen LogP contribution in [-0.2, 0) is 16.0 Å². The van der Waals surface area contributed by atoms with Crippen LogP contribution in [-0.4, -0.2) is 40.8 Å². The average molecular weight is 518 g/mol. The van der Waals surface area contributed by atoms with Gasteiger partial charge in [0.15, 0.2) is 0 Å². The molecule has 0 bridgehead atoms. The Kier molecular flexibility index (Phi) is 8.16. The van der Waals surface area contributed by atoms with Gasteiger partial charge in [0.25, 0.3) is 5.91 Å². The minimum absolute atomic E-state index is 0.0501. The van der Waals surface area contributed by atoms with E-state index in [-0.39, 0.29) is 18.3 Å². The number of hydrazone groups is 1. The fraction of sp³-hybridized carbons (Fsp3) is 0.154. The van der Waals surface area contributed by atoms with E-state index in [1.807, 2.05) is 19.1 Å². The summed E-state index contributed by atoms with van der Waals surface area (Å²) in [4.78, 5) is 36.4. The summed E-state index contributed by atoms with van der Waals surface area (Å²) in [5.74, 6) is -0.0545. The highest BCUT2D eigenvalue weighted by Crippen LogP contribution is 2.22. The van der Waals surface area contributed by atoms with Crippen LogP contribution in [0.15, 0.2) is 70.2 Å². The topological polar surface area (TPSA) is 136 Å². The van der Waals surface area contributed by atoms with Crippen LogP contribution < -0.4 is 10.7 Å². The Morgan fingerprint density at radius 2 is 1.84 bits per heavy atom. The molecule has 0 unspecified atom stereocenters. The third-order valence-electron chi connectivity index (χ3n) is 5.08. The molecular weight excluding hydrogens is 494 g/mol. The van der Waals surface area contributed by atoms with Crippen molar-refractivity contribution < 1.29 is 23.5 Å². The summed E-state index contributed by atoms with van der Waals surface area (Å²) >= 11 is 1.11.